The first kappa shape index (κ1) is 16.0. The number of halogens is 2. The second kappa shape index (κ2) is 7.54. The third-order valence-corrected chi connectivity index (χ3v) is 3.86. The molecule has 0 atom stereocenters. The molecule has 0 saturated heterocycles. The molecule has 0 saturated carbocycles. The minimum Gasteiger partial charge on any atom is -0.496 e. The van der Waals surface area contributed by atoms with Crippen LogP contribution in [0.2, 0.25) is 5.02 Å². The Morgan fingerprint density at radius 1 is 1.47 bits per heavy atom. The third-order valence-electron chi connectivity index (χ3n) is 2.34. The minimum absolute atomic E-state index is 0.0187. The van der Waals surface area contributed by atoms with Gasteiger partial charge in [-0.05, 0) is 41.1 Å². The van der Waals surface area contributed by atoms with Crippen LogP contribution in [-0.2, 0) is 4.79 Å². The number of carbonyl (C=O) groups excluding carboxylic acids is 1. The molecule has 5 nitrogen and oxygen atoms in total. The Balaban J connectivity index is 2.71. The van der Waals surface area contributed by atoms with Crippen molar-refractivity contribution in [2.45, 2.75) is 12.8 Å². The number of carbonyl (C=O) groups is 2. The fourth-order valence-electron chi connectivity index (χ4n) is 1.41. The average molecular weight is 398 g/mol. The highest BCUT2D eigenvalue weighted by Crippen LogP contribution is 2.28. The molecule has 0 aliphatic carbocycles. The summed E-state index contributed by atoms with van der Waals surface area (Å²) in [5.41, 5.74) is 0.336. The first-order valence-electron chi connectivity index (χ1n) is 5.48. The molecule has 1 rings (SSSR count). The quantitative estimate of drug-likeness (QED) is 0.571. The van der Waals surface area contributed by atoms with Crippen molar-refractivity contribution >= 4 is 46.1 Å². The van der Waals surface area contributed by atoms with Crippen LogP contribution in [0.3, 0.4) is 0 Å². The highest BCUT2D eigenvalue weighted by atomic mass is 127. The summed E-state index contributed by atoms with van der Waals surface area (Å²) < 4.78 is 5.92. The van der Waals surface area contributed by atoms with E-state index in [0.29, 0.717) is 22.8 Å². The molecule has 0 unspecified atom stereocenters. The number of amides is 1. The first-order chi connectivity index (χ1) is 8.95. The summed E-state index contributed by atoms with van der Waals surface area (Å²) >= 11 is 8.02. The Labute approximate surface area is 129 Å². The second-order valence-electron chi connectivity index (χ2n) is 3.72. The average Bonchev–Trinajstić information content (AvgIpc) is 2.36. The maximum atomic E-state index is 11.9. The van der Waals surface area contributed by atoms with Crippen LogP contribution in [0.15, 0.2) is 12.1 Å². The summed E-state index contributed by atoms with van der Waals surface area (Å²) in [4.78, 5) is 22.3. The lowest BCUT2D eigenvalue weighted by Gasteiger charge is -2.10. The van der Waals surface area contributed by atoms with Crippen LogP contribution < -0.4 is 10.1 Å². The van der Waals surface area contributed by atoms with E-state index in [9.17, 15) is 9.59 Å². The third kappa shape index (κ3) is 4.87. The van der Waals surface area contributed by atoms with Gasteiger partial charge in [0.25, 0.3) is 5.91 Å². The van der Waals surface area contributed by atoms with Gasteiger partial charge in [-0.1, -0.05) is 11.6 Å². The summed E-state index contributed by atoms with van der Waals surface area (Å²) in [7, 11) is 1.47. The van der Waals surface area contributed by atoms with E-state index in [0.717, 1.165) is 3.57 Å². The zero-order chi connectivity index (χ0) is 14.4. The lowest BCUT2D eigenvalue weighted by atomic mass is 10.2. The lowest BCUT2D eigenvalue weighted by molar-refractivity contribution is -0.137. The molecule has 0 heterocycles. The zero-order valence-electron chi connectivity index (χ0n) is 10.2. The predicted octanol–water partition coefficient (Wildman–Crippen LogP) is 2.55. The van der Waals surface area contributed by atoms with Gasteiger partial charge in [-0.25, -0.2) is 0 Å². The highest BCUT2D eigenvalue weighted by Gasteiger charge is 2.14. The molecule has 1 amide bonds. The molecule has 0 aromatic heterocycles. The Morgan fingerprint density at radius 3 is 2.74 bits per heavy atom. The molecule has 19 heavy (non-hydrogen) atoms. The molecule has 1 aromatic rings. The Morgan fingerprint density at radius 2 is 2.16 bits per heavy atom. The molecule has 7 heteroatoms. The minimum atomic E-state index is -0.885. The lowest BCUT2D eigenvalue weighted by Crippen LogP contribution is -2.25. The molecule has 0 aliphatic rings. The summed E-state index contributed by atoms with van der Waals surface area (Å²) in [6.07, 6.45) is 0.395. The van der Waals surface area contributed by atoms with Gasteiger partial charge in [0.1, 0.15) is 5.75 Å². The second-order valence-corrected chi connectivity index (χ2v) is 5.29. The zero-order valence-corrected chi connectivity index (χ0v) is 13.1. The molecule has 0 fully saturated rings. The number of hydrogen-bond donors (Lipinski definition) is 2. The number of benzene rings is 1. The molecule has 2 N–H and O–H groups in total. The van der Waals surface area contributed by atoms with Crippen LogP contribution in [0.4, 0.5) is 0 Å². The van der Waals surface area contributed by atoms with Crippen LogP contribution in [0.25, 0.3) is 0 Å². The standard InChI is InChI=1S/C12H13ClINO4/c1-19-10-6-9(14)8(13)5-7(10)12(18)15-4-2-3-11(16)17/h5-6H,2-4H2,1H3,(H,15,18)(H,16,17). The van der Waals surface area contributed by atoms with Gasteiger partial charge in [0.2, 0.25) is 0 Å². The summed E-state index contributed by atoms with van der Waals surface area (Å²) in [6.45, 7) is 0.290. The van der Waals surface area contributed by atoms with Crippen molar-refractivity contribution < 1.29 is 19.4 Å². The van der Waals surface area contributed by atoms with Crippen molar-refractivity contribution in [3.63, 3.8) is 0 Å². The fourth-order valence-corrected chi connectivity index (χ4v) is 2.01. The maximum Gasteiger partial charge on any atom is 0.303 e. The van der Waals surface area contributed by atoms with Crippen molar-refractivity contribution in [1.29, 1.82) is 0 Å². The fraction of sp³-hybridized carbons (Fsp3) is 0.333. The van der Waals surface area contributed by atoms with Crippen LogP contribution in [0.5, 0.6) is 5.75 Å². The molecule has 0 aliphatic heterocycles. The molecular weight excluding hydrogens is 384 g/mol. The van der Waals surface area contributed by atoms with E-state index in [1.165, 1.54) is 13.2 Å². The number of carboxylic acids is 1. The molecule has 104 valence electrons. The summed E-state index contributed by atoms with van der Waals surface area (Å²) in [5.74, 6) is -0.783. The maximum absolute atomic E-state index is 11.9. The normalized spacial score (nSPS) is 10.1. The largest absolute Gasteiger partial charge is 0.496 e. The van der Waals surface area contributed by atoms with Crippen molar-refractivity contribution in [1.82, 2.24) is 5.32 Å². The number of methoxy groups -OCH3 is 1. The topological polar surface area (TPSA) is 75.6 Å². The van der Waals surface area contributed by atoms with Crippen LogP contribution >= 0.6 is 34.2 Å². The van der Waals surface area contributed by atoms with E-state index in [1.807, 2.05) is 22.6 Å². The summed E-state index contributed by atoms with van der Waals surface area (Å²) in [6, 6.07) is 3.21. The SMILES string of the molecule is COc1cc(I)c(Cl)cc1C(=O)NCCCC(=O)O. The monoisotopic (exact) mass is 397 g/mol. The number of hydrogen-bond acceptors (Lipinski definition) is 3. The molecule has 0 radical (unpaired) electrons. The van der Waals surface area contributed by atoms with Crippen LogP contribution in [0, 0.1) is 3.57 Å². The molecule has 1 aromatic carbocycles. The van der Waals surface area contributed by atoms with E-state index in [1.54, 1.807) is 6.07 Å². The van der Waals surface area contributed by atoms with Crippen molar-refractivity contribution in [2.75, 3.05) is 13.7 Å². The Hall–Kier alpha value is -1.02. The Bertz CT molecular complexity index is 493. The molecule has 0 bridgehead atoms. The van der Waals surface area contributed by atoms with E-state index >= 15 is 0 Å². The number of ether oxygens (including phenoxy) is 1. The van der Waals surface area contributed by atoms with Gasteiger partial charge < -0.3 is 15.2 Å². The van der Waals surface area contributed by atoms with Crippen molar-refractivity contribution in [3.05, 3.63) is 26.3 Å². The Kier molecular flexibility index (Phi) is 6.36. The number of rotatable bonds is 6. The van der Waals surface area contributed by atoms with Gasteiger partial charge in [-0.2, -0.15) is 0 Å². The molecular formula is C12H13ClINO4. The number of nitrogens with one attached hydrogen (secondary N) is 1. The van der Waals surface area contributed by atoms with Gasteiger partial charge in [0, 0.05) is 16.5 Å². The van der Waals surface area contributed by atoms with E-state index in [2.05, 4.69) is 5.32 Å². The summed E-state index contributed by atoms with van der Waals surface area (Å²) in [5, 5.41) is 11.6. The predicted molar refractivity (Wildman–Crippen MR) is 79.9 cm³/mol. The van der Waals surface area contributed by atoms with Crippen LogP contribution in [-0.4, -0.2) is 30.6 Å². The smallest absolute Gasteiger partial charge is 0.303 e. The van der Waals surface area contributed by atoms with Gasteiger partial charge in [-0.3, -0.25) is 9.59 Å². The molecule has 0 spiro atoms. The van der Waals surface area contributed by atoms with E-state index in [4.69, 9.17) is 21.4 Å². The number of carboxylic acid groups (broad SMARTS) is 1. The van der Waals surface area contributed by atoms with Crippen LogP contribution in [0.1, 0.15) is 23.2 Å². The van der Waals surface area contributed by atoms with Crippen molar-refractivity contribution in [3.8, 4) is 5.75 Å². The van der Waals surface area contributed by atoms with E-state index < -0.39 is 5.97 Å². The highest BCUT2D eigenvalue weighted by molar-refractivity contribution is 14.1. The van der Waals surface area contributed by atoms with Gasteiger partial charge in [-0.15, -0.1) is 0 Å². The van der Waals surface area contributed by atoms with Crippen molar-refractivity contribution in [2.24, 2.45) is 0 Å². The first-order valence-corrected chi connectivity index (χ1v) is 6.94. The van der Waals surface area contributed by atoms with Gasteiger partial charge >= 0.3 is 5.97 Å². The van der Waals surface area contributed by atoms with Gasteiger partial charge in [0.05, 0.1) is 17.7 Å². The number of aliphatic carboxylic acids is 1. The van der Waals surface area contributed by atoms with Gasteiger partial charge in [0.15, 0.2) is 0 Å². The van der Waals surface area contributed by atoms with E-state index in [-0.39, 0.29) is 18.9 Å².